The second-order valence-electron chi connectivity index (χ2n) is 4.92. The van der Waals surface area contributed by atoms with Crippen molar-refractivity contribution in [3.8, 4) is 0 Å². The first kappa shape index (κ1) is 14.3. The highest BCUT2D eigenvalue weighted by Gasteiger charge is 2.11. The van der Waals surface area contributed by atoms with Crippen molar-refractivity contribution in [2.45, 2.75) is 26.4 Å². The van der Waals surface area contributed by atoms with Crippen LogP contribution in [0.25, 0.3) is 0 Å². The summed E-state index contributed by atoms with van der Waals surface area (Å²) >= 11 is 0. The van der Waals surface area contributed by atoms with Gasteiger partial charge in [-0.25, -0.2) is 4.79 Å². The van der Waals surface area contributed by atoms with Crippen LogP contribution >= 0.6 is 0 Å². The van der Waals surface area contributed by atoms with Gasteiger partial charge in [0.1, 0.15) is 0 Å². The van der Waals surface area contributed by atoms with E-state index >= 15 is 0 Å². The van der Waals surface area contributed by atoms with E-state index in [1.807, 2.05) is 30.9 Å². The van der Waals surface area contributed by atoms with Gasteiger partial charge in [-0.3, -0.25) is 4.68 Å². The molecule has 5 heteroatoms. The van der Waals surface area contributed by atoms with Gasteiger partial charge < -0.3 is 10.4 Å². The van der Waals surface area contributed by atoms with E-state index in [9.17, 15) is 4.79 Å². The van der Waals surface area contributed by atoms with Crippen LogP contribution < -0.4 is 5.32 Å². The number of aromatic carboxylic acids is 1. The third-order valence-electron chi connectivity index (χ3n) is 3.53. The largest absolute Gasteiger partial charge is 0.478 e. The molecular formula is C15H19N3O2. The van der Waals surface area contributed by atoms with E-state index in [0.29, 0.717) is 12.1 Å². The fraction of sp³-hybridized carbons (Fsp3) is 0.333. The van der Waals surface area contributed by atoms with Crippen LogP contribution in [0.2, 0.25) is 0 Å². The lowest BCUT2D eigenvalue weighted by Gasteiger charge is -2.14. The number of aromatic nitrogens is 2. The van der Waals surface area contributed by atoms with Crippen molar-refractivity contribution in [1.29, 1.82) is 0 Å². The van der Waals surface area contributed by atoms with Crippen LogP contribution in [0.15, 0.2) is 30.5 Å². The van der Waals surface area contributed by atoms with Crippen molar-refractivity contribution in [3.63, 3.8) is 0 Å². The SMILES string of the molecule is Cc1c(C(C)NCc2cccc(C(=O)O)c2)cnn1C. The molecule has 0 spiro atoms. The molecule has 1 atom stereocenters. The maximum Gasteiger partial charge on any atom is 0.335 e. The van der Waals surface area contributed by atoms with Gasteiger partial charge >= 0.3 is 5.97 Å². The maximum absolute atomic E-state index is 10.9. The molecule has 0 bridgehead atoms. The molecule has 2 rings (SSSR count). The molecule has 20 heavy (non-hydrogen) atoms. The Hall–Kier alpha value is -2.14. The van der Waals surface area contributed by atoms with Gasteiger partial charge in [-0.05, 0) is 31.5 Å². The van der Waals surface area contributed by atoms with Gasteiger partial charge in [-0.15, -0.1) is 0 Å². The molecule has 1 aromatic heterocycles. The van der Waals surface area contributed by atoms with Crippen molar-refractivity contribution in [3.05, 3.63) is 52.8 Å². The smallest absolute Gasteiger partial charge is 0.335 e. The Labute approximate surface area is 118 Å². The molecule has 106 valence electrons. The van der Waals surface area contributed by atoms with Crippen LogP contribution in [0, 0.1) is 6.92 Å². The Morgan fingerprint density at radius 3 is 2.85 bits per heavy atom. The summed E-state index contributed by atoms with van der Waals surface area (Å²) in [5.41, 5.74) is 3.55. The molecule has 0 saturated carbocycles. The lowest BCUT2D eigenvalue weighted by molar-refractivity contribution is 0.0696. The van der Waals surface area contributed by atoms with E-state index in [4.69, 9.17) is 5.11 Å². The molecular weight excluding hydrogens is 254 g/mol. The second kappa shape index (κ2) is 5.88. The lowest BCUT2D eigenvalue weighted by atomic mass is 10.1. The van der Waals surface area contributed by atoms with Gasteiger partial charge in [-0.1, -0.05) is 12.1 Å². The number of carbonyl (C=O) groups is 1. The average molecular weight is 273 g/mol. The minimum atomic E-state index is -0.900. The minimum absolute atomic E-state index is 0.164. The lowest BCUT2D eigenvalue weighted by Crippen LogP contribution is -2.18. The quantitative estimate of drug-likeness (QED) is 0.877. The van der Waals surface area contributed by atoms with Crippen molar-refractivity contribution < 1.29 is 9.90 Å². The standard InChI is InChI=1S/C15H19N3O2/c1-10(14-9-17-18(3)11(14)2)16-8-12-5-4-6-13(7-12)15(19)20/h4-7,9-10,16H,8H2,1-3H3,(H,19,20). The van der Waals surface area contributed by atoms with E-state index < -0.39 is 5.97 Å². The molecule has 1 aromatic carbocycles. The number of hydrogen-bond donors (Lipinski definition) is 2. The first-order valence-corrected chi connectivity index (χ1v) is 6.53. The summed E-state index contributed by atoms with van der Waals surface area (Å²) in [4.78, 5) is 10.9. The van der Waals surface area contributed by atoms with Crippen LogP contribution in [0.1, 0.15) is 40.1 Å². The number of nitrogens with zero attached hydrogens (tertiary/aromatic N) is 2. The zero-order valence-corrected chi connectivity index (χ0v) is 11.9. The highest BCUT2D eigenvalue weighted by atomic mass is 16.4. The van der Waals surface area contributed by atoms with Gasteiger partial charge in [-0.2, -0.15) is 5.10 Å². The Morgan fingerprint density at radius 2 is 2.25 bits per heavy atom. The molecule has 2 N–H and O–H groups in total. The first-order chi connectivity index (χ1) is 9.49. The molecule has 0 aliphatic carbocycles. The third-order valence-corrected chi connectivity index (χ3v) is 3.53. The predicted octanol–water partition coefficient (Wildman–Crippen LogP) is 2.28. The summed E-state index contributed by atoms with van der Waals surface area (Å²) in [6, 6.07) is 7.14. The summed E-state index contributed by atoms with van der Waals surface area (Å²) in [6.45, 7) is 4.73. The zero-order valence-electron chi connectivity index (χ0n) is 11.9. The Balaban J connectivity index is 2.03. The van der Waals surface area contributed by atoms with Crippen molar-refractivity contribution >= 4 is 5.97 Å². The summed E-state index contributed by atoms with van der Waals surface area (Å²) in [7, 11) is 1.92. The fourth-order valence-corrected chi connectivity index (χ4v) is 2.14. The molecule has 0 saturated heterocycles. The molecule has 0 radical (unpaired) electrons. The van der Waals surface area contributed by atoms with E-state index in [2.05, 4.69) is 17.3 Å². The number of nitrogens with one attached hydrogen (secondary N) is 1. The van der Waals surface area contributed by atoms with E-state index in [1.54, 1.807) is 18.2 Å². The number of carboxylic acid groups (broad SMARTS) is 1. The second-order valence-corrected chi connectivity index (χ2v) is 4.92. The Bertz CT molecular complexity index is 619. The summed E-state index contributed by atoms with van der Waals surface area (Å²) in [5.74, 6) is -0.900. The highest BCUT2D eigenvalue weighted by molar-refractivity contribution is 5.87. The number of aryl methyl sites for hydroxylation is 1. The monoisotopic (exact) mass is 273 g/mol. The van der Waals surface area contributed by atoms with Gasteiger partial charge in [0, 0.05) is 30.9 Å². The molecule has 0 amide bonds. The fourth-order valence-electron chi connectivity index (χ4n) is 2.14. The van der Waals surface area contributed by atoms with Gasteiger partial charge in [0.2, 0.25) is 0 Å². The molecule has 2 aromatic rings. The van der Waals surface area contributed by atoms with Crippen LogP contribution in [-0.4, -0.2) is 20.9 Å². The van der Waals surface area contributed by atoms with E-state index in [-0.39, 0.29) is 6.04 Å². The van der Waals surface area contributed by atoms with Crippen LogP contribution in [-0.2, 0) is 13.6 Å². The van der Waals surface area contributed by atoms with Crippen LogP contribution in [0.3, 0.4) is 0 Å². The molecule has 1 heterocycles. The average Bonchev–Trinajstić information content (AvgIpc) is 2.77. The van der Waals surface area contributed by atoms with Gasteiger partial charge in [0.25, 0.3) is 0 Å². The molecule has 1 unspecified atom stereocenters. The van der Waals surface area contributed by atoms with E-state index in [1.165, 1.54) is 0 Å². The number of carboxylic acids is 1. The molecule has 0 aliphatic rings. The first-order valence-electron chi connectivity index (χ1n) is 6.53. The van der Waals surface area contributed by atoms with Crippen LogP contribution in [0.4, 0.5) is 0 Å². The minimum Gasteiger partial charge on any atom is -0.478 e. The third kappa shape index (κ3) is 3.05. The Morgan fingerprint density at radius 1 is 1.50 bits per heavy atom. The predicted molar refractivity (Wildman–Crippen MR) is 76.6 cm³/mol. The van der Waals surface area contributed by atoms with Gasteiger partial charge in [0.05, 0.1) is 11.8 Å². The number of benzene rings is 1. The zero-order chi connectivity index (χ0) is 14.7. The highest BCUT2D eigenvalue weighted by Crippen LogP contribution is 2.16. The topological polar surface area (TPSA) is 67.2 Å². The molecule has 5 nitrogen and oxygen atoms in total. The molecule has 0 aliphatic heterocycles. The summed E-state index contributed by atoms with van der Waals surface area (Å²) in [6.07, 6.45) is 1.86. The summed E-state index contributed by atoms with van der Waals surface area (Å²) in [5, 5.41) is 16.6. The number of hydrogen-bond acceptors (Lipinski definition) is 3. The Kier molecular flexibility index (Phi) is 4.20. The van der Waals surface area contributed by atoms with Crippen molar-refractivity contribution in [2.24, 2.45) is 7.05 Å². The summed E-state index contributed by atoms with van der Waals surface area (Å²) < 4.78 is 1.85. The van der Waals surface area contributed by atoms with Crippen molar-refractivity contribution in [1.82, 2.24) is 15.1 Å². The van der Waals surface area contributed by atoms with Crippen LogP contribution in [0.5, 0.6) is 0 Å². The normalized spacial score (nSPS) is 12.3. The van der Waals surface area contributed by atoms with Gasteiger partial charge in [0.15, 0.2) is 0 Å². The number of rotatable bonds is 5. The van der Waals surface area contributed by atoms with Crippen molar-refractivity contribution in [2.75, 3.05) is 0 Å². The maximum atomic E-state index is 10.9. The van der Waals surface area contributed by atoms with E-state index in [0.717, 1.165) is 16.8 Å². The molecule has 0 fully saturated rings.